The lowest BCUT2D eigenvalue weighted by Crippen LogP contribution is -1.97. The monoisotopic (exact) mass is 188 g/mol. The summed E-state index contributed by atoms with van der Waals surface area (Å²) in [5, 5.41) is 0. The van der Waals surface area contributed by atoms with Gasteiger partial charge in [0.1, 0.15) is 12.4 Å². The number of hydrogen-bond donors (Lipinski definition) is 0. The highest BCUT2D eigenvalue weighted by Crippen LogP contribution is 2.13. The Labute approximate surface area is 83.9 Å². The van der Waals surface area contributed by atoms with Gasteiger partial charge in [-0.05, 0) is 24.3 Å². The van der Waals surface area contributed by atoms with Gasteiger partial charge in [0, 0.05) is 12.0 Å². The minimum Gasteiger partial charge on any atom is -0.481 e. The number of ether oxygens (including phenoxy) is 1. The fraction of sp³-hybridized carbons (Fsp3) is 0.250. The van der Waals surface area contributed by atoms with Crippen LogP contribution in [-0.4, -0.2) is 12.4 Å². The van der Waals surface area contributed by atoms with Crippen LogP contribution in [0.15, 0.2) is 24.3 Å². The molecular formula is C12H12O2. The molecule has 0 aromatic heterocycles. The molecule has 0 aliphatic rings. The fourth-order valence-corrected chi connectivity index (χ4v) is 1.07. The third kappa shape index (κ3) is 2.63. The minimum atomic E-state index is 0.133. The molecule has 0 saturated heterocycles. The number of rotatable bonds is 4. The molecule has 0 spiro atoms. The van der Waals surface area contributed by atoms with E-state index in [2.05, 4.69) is 5.92 Å². The van der Waals surface area contributed by atoms with Crippen molar-refractivity contribution >= 4 is 5.78 Å². The van der Waals surface area contributed by atoms with Crippen molar-refractivity contribution < 1.29 is 9.53 Å². The molecule has 0 N–H and O–H groups in total. The summed E-state index contributed by atoms with van der Waals surface area (Å²) in [6.07, 6.45) is 5.57. The molecule has 2 nitrogen and oxygen atoms in total. The molecule has 72 valence electrons. The maximum Gasteiger partial charge on any atom is 0.162 e. The molecule has 1 aromatic rings. The van der Waals surface area contributed by atoms with E-state index >= 15 is 0 Å². The van der Waals surface area contributed by atoms with E-state index in [0.29, 0.717) is 17.7 Å². The van der Waals surface area contributed by atoms with E-state index in [-0.39, 0.29) is 12.4 Å². The highest BCUT2D eigenvalue weighted by atomic mass is 16.5. The second kappa shape index (κ2) is 5.08. The van der Waals surface area contributed by atoms with Gasteiger partial charge in [-0.3, -0.25) is 4.79 Å². The summed E-state index contributed by atoms with van der Waals surface area (Å²) >= 11 is 0. The molecule has 0 unspecified atom stereocenters. The van der Waals surface area contributed by atoms with Crippen molar-refractivity contribution in [1.82, 2.24) is 0 Å². The molecular weight excluding hydrogens is 176 g/mol. The molecule has 0 atom stereocenters. The number of hydrogen-bond acceptors (Lipinski definition) is 2. The molecule has 1 rings (SSSR count). The Kier molecular flexibility index (Phi) is 3.75. The topological polar surface area (TPSA) is 26.3 Å². The van der Waals surface area contributed by atoms with Gasteiger partial charge >= 0.3 is 0 Å². The molecule has 0 fully saturated rings. The predicted molar refractivity (Wildman–Crippen MR) is 55.4 cm³/mol. The summed E-state index contributed by atoms with van der Waals surface area (Å²) in [5.74, 6) is 3.20. The van der Waals surface area contributed by atoms with Gasteiger partial charge in [-0.15, -0.1) is 6.42 Å². The van der Waals surface area contributed by atoms with Crippen molar-refractivity contribution in [3.8, 4) is 18.1 Å². The second-order valence-electron chi connectivity index (χ2n) is 2.79. The number of terminal acetylenes is 1. The second-order valence-corrected chi connectivity index (χ2v) is 2.79. The molecule has 2 heteroatoms. The van der Waals surface area contributed by atoms with Gasteiger partial charge in [0.2, 0.25) is 0 Å². The zero-order chi connectivity index (χ0) is 10.4. The molecule has 0 aliphatic carbocycles. The number of ketones is 1. The largest absolute Gasteiger partial charge is 0.481 e. The predicted octanol–water partition coefficient (Wildman–Crippen LogP) is 2.29. The maximum atomic E-state index is 11.3. The standard InChI is InChI=1S/C12H12O2/c1-3-9-14-11-7-5-10(6-8-11)12(13)4-2/h1,5-8H,4,9H2,2H3. The molecule has 1 aromatic carbocycles. The Bertz CT molecular complexity index is 344. The van der Waals surface area contributed by atoms with Crippen LogP contribution in [-0.2, 0) is 0 Å². The van der Waals surface area contributed by atoms with Crippen molar-refractivity contribution in [1.29, 1.82) is 0 Å². The molecule has 0 heterocycles. The first-order chi connectivity index (χ1) is 6.77. The van der Waals surface area contributed by atoms with Crippen molar-refractivity contribution in [2.24, 2.45) is 0 Å². The first-order valence-corrected chi connectivity index (χ1v) is 4.47. The van der Waals surface area contributed by atoms with E-state index in [4.69, 9.17) is 11.2 Å². The molecule has 0 aliphatic heterocycles. The summed E-state index contributed by atoms with van der Waals surface area (Å²) < 4.78 is 5.18. The highest BCUT2D eigenvalue weighted by molar-refractivity contribution is 5.95. The van der Waals surface area contributed by atoms with Crippen LogP contribution in [0, 0.1) is 12.3 Å². The average molecular weight is 188 g/mol. The summed E-state index contributed by atoms with van der Waals surface area (Å²) in [6, 6.07) is 7.00. The van der Waals surface area contributed by atoms with Crippen LogP contribution in [0.5, 0.6) is 5.75 Å². The smallest absolute Gasteiger partial charge is 0.162 e. The molecule has 0 amide bonds. The van der Waals surface area contributed by atoms with Crippen LogP contribution in [0.2, 0.25) is 0 Å². The highest BCUT2D eigenvalue weighted by Gasteiger charge is 2.01. The van der Waals surface area contributed by atoms with Crippen molar-refractivity contribution in [2.75, 3.05) is 6.61 Å². The fourth-order valence-electron chi connectivity index (χ4n) is 1.07. The van der Waals surface area contributed by atoms with Crippen molar-refractivity contribution in [3.05, 3.63) is 29.8 Å². The van der Waals surface area contributed by atoms with Crippen molar-refractivity contribution in [3.63, 3.8) is 0 Å². The lowest BCUT2D eigenvalue weighted by molar-refractivity contribution is 0.0988. The van der Waals surface area contributed by atoms with Crippen LogP contribution >= 0.6 is 0 Å². The SMILES string of the molecule is C#CCOc1ccc(C(=O)CC)cc1. The summed E-state index contributed by atoms with van der Waals surface area (Å²) in [4.78, 5) is 11.3. The van der Waals surface area contributed by atoms with Gasteiger partial charge in [0.15, 0.2) is 5.78 Å². The minimum absolute atomic E-state index is 0.133. The van der Waals surface area contributed by atoms with E-state index in [1.54, 1.807) is 24.3 Å². The van der Waals surface area contributed by atoms with Crippen LogP contribution in [0.25, 0.3) is 0 Å². The number of benzene rings is 1. The van der Waals surface area contributed by atoms with Gasteiger partial charge in [-0.1, -0.05) is 12.8 Å². The van der Waals surface area contributed by atoms with Gasteiger partial charge in [-0.25, -0.2) is 0 Å². The van der Waals surface area contributed by atoms with Crippen LogP contribution in [0.1, 0.15) is 23.7 Å². The molecule has 14 heavy (non-hydrogen) atoms. The molecule has 0 bridgehead atoms. The Hall–Kier alpha value is -1.75. The zero-order valence-corrected chi connectivity index (χ0v) is 8.12. The Morgan fingerprint density at radius 2 is 2.07 bits per heavy atom. The summed E-state index contributed by atoms with van der Waals surface area (Å²) in [7, 11) is 0. The number of carbonyl (C=O) groups is 1. The molecule has 0 saturated carbocycles. The van der Waals surface area contributed by atoms with E-state index in [1.165, 1.54) is 0 Å². The maximum absolute atomic E-state index is 11.3. The third-order valence-electron chi connectivity index (χ3n) is 1.82. The number of Topliss-reactive ketones (excluding diaryl/α,β-unsaturated/α-hetero) is 1. The van der Waals surface area contributed by atoms with E-state index < -0.39 is 0 Å². The van der Waals surface area contributed by atoms with E-state index in [0.717, 1.165) is 0 Å². The van der Waals surface area contributed by atoms with Gasteiger partial charge < -0.3 is 4.74 Å². The normalized spacial score (nSPS) is 9.14. The Morgan fingerprint density at radius 3 is 2.57 bits per heavy atom. The van der Waals surface area contributed by atoms with Crippen LogP contribution < -0.4 is 4.74 Å². The van der Waals surface area contributed by atoms with Crippen LogP contribution in [0.4, 0.5) is 0 Å². The van der Waals surface area contributed by atoms with E-state index in [1.807, 2.05) is 6.92 Å². The first kappa shape index (κ1) is 10.3. The van der Waals surface area contributed by atoms with E-state index in [9.17, 15) is 4.79 Å². The third-order valence-corrected chi connectivity index (χ3v) is 1.82. The van der Waals surface area contributed by atoms with Gasteiger partial charge in [-0.2, -0.15) is 0 Å². The zero-order valence-electron chi connectivity index (χ0n) is 8.12. The first-order valence-electron chi connectivity index (χ1n) is 4.47. The number of carbonyl (C=O) groups excluding carboxylic acids is 1. The van der Waals surface area contributed by atoms with Gasteiger partial charge in [0.05, 0.1) is 0 Å². The lowest BCUT2D eigenvalue weighted by atomic mass is 10.1. The van der Waals surface area contributed by atoms with Crippen molar-refractivity contribution in [2.45, 2.75) is 13.3 Å². The Balaban J connectivity index is 2.69. The van der Waals surface area contributed by atoms with Gasteiger partial charge in [0.25, 0.3) is 0 Å². The summed E-state index contributed by atoms with van der Waals surface area (Å²) in [5.41, 5.74) is 0.709. The lowest BCUT2D eigenvalue weighted by Gasteiger charge is -2.02. The quantitative estimate of drug-likeness (QED) is 0.535. The molecule has 0 radical (unpaired) electrons. The summed E-state index contributed by atoms with van der Waals surface area (Å²) in [6.45, 7) is 2.09. The van der Waals surface area contributed by atoms with Crippen LogP contribution in [0.3, 0.4) is 0 Å². The Morgan fingerprint density at radius 1 is 1.43 bits per heavy atom. The average Bonchev–Trinajstić information content (AvgIpc) is 2.26.